The lowest BCUT2D eigenvalue weighted by atomic mass is 10.2. The maximum atomic E-state index is 11.3. The highest BCUT2D eigenvalue weighted by Crippen LogP contribution is 2.29. The Balaban J connectivity index is 2.40. The van der Waals surface area contributed by atoms with Crippen LogP contribution >= 0.6 is 15.9 Å². The molecule has 0 aliphatic carbocycles. The summed E-state index contributed by atoms with van der Waals surface area (Å²) in [6.45, 7) is 0. The standard InChI is InChI=1S/C14H13BrN2O4/c1-20-10-4-9(5-11(6-10)21-2)17-13-12(14(18)19)3-8(15)7-16-13/h3-7H,1-2H3,(H,16,17)(H,18,19). The molecule has 0 fully saturated rings. The number of nitrogens with zero attached hydrogens (tertiary/aromatic N) is 1. The highest BCUT2D eigenvalue weighted by Gasteiger charge is 2.13. The molecule has 21 heavy (non-hydrogen) atoms. The Morgan fingerprint density at radius 2 is 1.81 bits per heavy atom. The average molecular weight is 353 g/mol. The molecule has 2 rings (SSSR count). The fourth-order valence-electron chi connectivity index (χ4n) is 1.72. The van der Waals surface area contributed by atoms with Crippen molar-refractivity contribution in [2.45, 2.75) is 0 Å². The summed E-state index contributed by atoms with van der Waals surface area (Å²) in [4.78, 5) is 15.3. The molecule has 0 bridgehead atoms. The molecule has 0 saturated heterocycles. The van der Waals surface area contributed by atoms with Crippen molar-refractivity contribution >= 4 is 33.4 Å². The molecule has 0 atom stereocenters. The molecule has 1 aromatic carbocycles. The Hall–Kier alpha value is -2.28. The van der Waals surface area contributed by atoms with Crippen LogP contribution in [0.3, 0.4) is 0 Å². The van der Waals surface area contributed by atoms with Gasteiger partial charge in [-0.25, -0.2) is 9.78 Å². The second-order valence-electron chi connectivity index (χ2n) is 4.08. The summed E-state index contributed by atoms with van der Waals surface area (Å²) in [6, 6.07) is 6.64. The third-order valence-corrected chi connectivity index (χ3v) is 3.13. The average Bonchev–Trinajstić information content (AvgIpc) is 2.48. The van der Waals surface area contributed by atoms with Gasteiger partial charge in [-0.2, -0.15) is 0 Å². The molecule has 6 nitrogen and oxygen atoms in total. The van der Waals surface area contributed by atoms with E-state index in [9.17, 15) is 9.90 Å². The van der Waals surface area contributed by atoms with Crippen molar-refractivity contribution in [2.24, 2.45) is 0 Å². The van der Waals surface area contributed by atoms with Crippen molar-refractivity contribution in [3.63, 3.8) is 0 Å². The molecule has 1 aromatic heterocycles. The molecule has 0 saturated carbocycles. The normalized spacial score (nSPS) is 10.0. The number of carboxylic acid groups (broad SMARTS) is 1. The quantitative estimate of drug-likeness (QED) is 0.859. The van der Waals surface area contributed by atoms with Gasteiger partial charge in [-0.05, 0) is 22.0 Å². The monoisotopic (exact) mass is 352 g/mol. The van der Waals surface area contributed by atoms with Crippen LogP contribution in [0, 0.1) is 0 Å². The molecule has 0 aliphatic heterocycles. The van der Waals surface area contributed by atoms with Crippen LogP contribution in [0.5, 0.6) is 11.5 Å². The zero-order valence-corrected chi connectivity index (χ0v) is 13.0. The molecule has 0 amide bonds. The topological polar surface area (TPSA) is 80.7 Å². The lowest BCUT2D eigenvalue weighted by molar-refractivity contribution is 0.0697. The zero-order chi connectivity index (χ0) is 15.4. The number of hydrogen-bond donors (Lipinski definition) is 2. The van der Waals surface area contributed by atoms with Gasteiger partial charge < -0.3 is 19.9 Å². The van der Waals surface area contributed by atoms with Crippen molar-refractivity contribution in [2.75, 3.05) is 19.5 Å². The summed E-state index contributed by atoms with van der Waals surface area (Å²) in [5.41, 5.74) is 0.676. The van der Waals surface area contributed by atoms with Crippen LogP contribution in [0.25, 0.3) is 0 Å². The third kappa shape index (κ3) is 3.63. The van der Waals surface area contributed by atoms with E-state index in [1.54, 1.807) is 32.4 Å². The van der Waals surface area contributed by atoms with Crippen LogP contribution in [0.2, 0.25) is 0 Å². The van der Waals surface area contributed by atoms with E-state index in [-0.39, 0.29) is 11.4 Å². The van der Waals surface area contributed by atoms with E-state index in [2.05, 4.69) is 26.2 Å². The summed E-state index contributed by atoms with van der Waals surface area (Å²) < 4.78 is 10.9. The largest absolute Gasteiger partial charge is 0.497 e. The van der Waals surface area contributed by atoms with E-state index in [0.717, 1.165) is 0 Å². The van der Waals surface area contributed by atoms with Crippen LogP contribution < -0.4 is 14.8 Å². The number of rotatable bonds is 5. The molecule has 7 heteroatoms. The van der Waals surface area contributed by atoms with E-state index < -0.39 is 5.97 Å². The number of methoxy groups -OCH3 is 2. The molecule has 110 valence electrons. The fourth-order valence-corrected chi connectivity index (χ4v) is 2.05. The first-order valence-electron chi connectivity index (χ1n) is 5.92. The summed E-state index contributed by atoms with van der Waals surface area (Å²) in [6.07, 6.45) is 1.52. The summed E-state index contributed by atoms with van der Waals surface area (Å²) in [7, 11) is 3.08. The third-order valence-electron chi connectivity index (χ3n) is 2.70. The van der Waals surface area contributed by atoms with Gasteiger partial charge in [0.1, 0.15) is 22.9 Å². The van der Waals surface area contributed by atoms with Crippen molar-refractivity contribution in [3.8, 4) is 11.5 Å². The van der Waals surface area contributed by atoms with Crippen LogP contribution in [0.4, 0.5) is 11.5 Å². The number of benzene rings is 1. The van der Waals surface area contributed by atoms with Crippen molar-refractivity contribution in [3.05, 3.63) is 40.5 Å². The second-order valence-corrected chi connectivity index (χ2v) is 5.00. The number of carbonyl (C=O) groups is 1. The number of ether oxygens (including phenoxy) is 2. The van der Waals surface area contributed by atoms with Gasteiger partial charge in [-0.15, -0.1) is 0 Å². The number of nitrogens with one attached hydrogen (secondary N) is 1. The van der Waals surface area contributed by atoms with Gasteiger partial charge in [0.25, 0.3) is 0 Å². The van der Waals surface area contributed by atoms with Gasteiger partial charge >= 0.3 is 5.97 Å². The van der Waals surface area contributed by atoms with Gasteiger partial charge in [0, 0.05) is 34.6 Å². The summed E-state index contributed by atoms with van der Waals surface area (Å²) in [5.74, 6) is 0.346. The first-order valence-corrected chi connectivity index (χ1v) is 6.71. The van der Waals surface area contributed by atoms with Gasteiger partial charge in [0.15, 0.2) is 0 Å². The number of halogens is 1. The molecular formula is C14H13BrN2O4. The molecule has 0 radical (unpaired) electrons. The Labute approximate surface area is 129 Å². The van der Waals surface area contributed by atoms with E-state index >= 15 is 0 Å². The lowest BCUT2D eigenvalue weighted by Crippen LogP contribution is -2.05. The van der Waals surface area contributed by atoms with E-state index in [1.165, 1.54) is 12.3 Å². The number of pyridine rings is 1. The maximum absolute atomic E-state index is 11.3. The van der Waals surface area contributed by atoms with Crippen LogP contribution in [0.1, 0.15) is 10.4 Å². The van der Waals surface area contributed by atoms with E-state index in [1.807, 2.05) is 0 Å². The maximum Gasteiger partial charge on any atom is 0.339 e. The second kappa shape index (κ2) is 6.45. The molecule has 2 aromatic rings. The molecule has 1 heterocycles. The minimum Gasteiger partial charge on any atom is -0.497 e. The Bertz CT molecular complexity index is 654. The van der Waals surface area contributed by atoms with Gasteiger partial charge in [0.2, 0.25) is 0 Å². The van der Waals surface area contributed by atoms with Crippen LogP contribution in [0.15, 0.2) is 34.9 Å². The predicted molar refractivity (Wildman–Crippen MR) is 81.7 cm³/mol. The molecule has 0 aliphatic rings. The highest BCUT2D eigenvalue weighted by molar-refractivity contribution is 9.10. The van der Waals surface area contributed by atoms with Crippen molar-refractivity contribution in [1.29, 1.82) is 0 Å². The molecule has 0 unspecified atom stereocenters. The summed E-state index contributed by atoms with van der Waals surface area (Å²) in [5, 5.41) is 12.2. The van der Waals surface area contributed by atoms with Crippen molar-refractivity contribution < 1.29 is 19.4 Å². The Morgan fingerprint density at radius 3 is 2.33 bits per heavy atom. The van der Waals surface area contributed by atoms with Gasteiger partial charge in [-0.3, -0.25) is 0 Å². The van der Waals surface area contributed by atoms with E-state index in [4.69, 9.17) is 9.47 Å². The zero-order valence-electron chi connectivity index (χ0n) is 11.4. The minimum atomic E-state index is -1.07. The number of carboxylic acids is 1. The van der Waals surface area contributed by atoms with Gasteiger partial charge in [0.05, 0.1) is 14.2 Å². The van der Waals surface area contributed by atoms with E-state index in [0.29, 0.717) is 21.7 Å². The smallest absolute Gasteiger partial charge is 0.339 e. The number of aromatic carboxylic acids is 1. The molecular weight excluding hydrogens is 340 g/mol. The first-order chi connectivity index (χ1) is 10.0. The molecule has 0 spiro atoms. The Morgan fingerprint density at radius 1 is 1.19 bits per heavy atom. The van der Waals surface area contributed by atoms with Gasteiger partial charge in [-0.1, -0.05) is 0 Å². The van der Waals surface area contributed by atoms with Crippen molar-refractivity contribution in [1.82, 2.24) is 4.98 Å². The predicted octanol–water partition coefficient (Wildman–Crippen LogP) is 3.30. The number of hydrogen-bond acceptors (Lipinski definition) is 5. The minimum absolute atomic E-state index is 0.0613. The number of aromatic nitrogens is 1. The lowest BCUT2D eigenvalue weighted by Gasteiger charge is -2.12. The van der Waals surface area contributed by atoms with Crippen LogP contribution in [-0.4, -0.2) is 30.3 Å². The van der Waals surface area contributed by atoms with Crippen LogP contribution in [-0.2, 0) is 0 Å². The Kier molecular flexibility index (Phi) is 4.64. The first kappa shape index (κ1) is 15.1. The SMILES string of the molecule is COc1cc(Nc2ncc(Br)cc2C(=O)O)cc(OC)c1. The molecule has 2 N–H and O–H groups in total. The fraction of sp³-hybridized carbons (Fsp3) is 0.143. The number of anilines is 2. The summed E-state index contributed by atoms with van der Waals surface area (Å²) >= 11 is 3.20. The highest BCUT2D eigenvalue weighted by atomic mass is 79.9.